The van der Waals surface area contributed by atoms with Crippen LogP contribution < -0.4 is 5.32 Å². The Balaban J connectivity index is 2.14. The SMILES string of the molecule is CNC(CC1CCOCC1)c1cccc(S(C)(=O)=O)c1. The second-order valence-electron chi connectivity index (χ2n) is 5.48. The first kappa shape index (κ1) is 15.5. The molecule has 4 nitrogen and oxygen atoms in total. The second-order valence-corrected chi connectivity index (χ2v) is 7.49. The van der Waals surface area contributed by atoms with Gasteiger partial charge in [0.05, 0.1) is 4.90 Å². The Kier molecular flexibility index (Phi) is 5.18. The first-order chi connectivity index (χ1) is 9.50. The van der Waals surface area contributed by atoms with Crippen LogP contribution in [0.5, 0.6) is 0 Å². The highest BCUT2D eigenvalue weighted by molar-refractivity contribution is 7.90. The molecule has 112 valence electrons. The average Bonchev–Trinajstić information content (AvgIpc) is 2.45. The summed E-state index contributed by atoms with van der Waals surface area (Å²) in [6.07, 6.45) is 4.44. The molecule has 0 aliphatic carbocycles. The van der Waals surface area contributed by atoms with E-state index in [4.69, 9.17) is 4.74 Å². The van der Waals surface area contributed by atoms with E-state index in [0.29, 0.717) is 10.8 Å². The summed E-state index contributed by atoms with van der Waals surface area (Å²) in [6.45, 7) is 1.68. The lowest BCUT2D eigenvalue weighted by Crippen LogP contribution is -2.24. The van der Waals surface area contributed by atoms with E-state index in [-0.39, 0.29) is 6.04 Å². The van der Waals surface area contributed by atoms with Crippen molar-refractivity contribution in [2.75, 3.05) is 26.5 Å². The van der Waals surface area contributed by atoms with Crippen LogP contribution in [0.25, 0.3) is 0 Å². The monoisotopic (exact) mass is 297 g/mol. The minimum absolute atomic E-state index is 0.194. The highest BCUT2D eigenvalue weighted by Crippen LogP contribution is 2.28. The summed E-state index contributed by atoms with van der Waals surface area (Å²) in [5, 5.41) is 3.31. The van der Waals surface area contributed by atoms with E-state index in [1.54, 1.807) is 12.1 Å². The van der Waals surface area contributed by atoms with Gasteiger partial charge in [0.25, 0.3) is 0 Å². The summed E-state index contributed by atoms with van der Waals surface area (Å²) in [6, 6.07) is 7.45. The smallest absolute Gasteiger partial charge is 0.175 e. The van der Waals surface area contributed by atoms with Crippen LogP contribution in [0.1, 0.15) is 30.9 Å². The lowest BCUT2D eigenvalue weighted by atomic mass is 9.89. The van der Waals surface area contributed by atoms with Crippen molar-refractivity contribution in [3.8, 4) is 0 Å². The molecule has 0 bridgehead atoms. The number of hydrogen-bond acceptors (Lipinski definition) is 4. The Bertz CT molecular complexity index is 536. The largest absolute Gasteiger partial charge is 0.381 e. The number of rotatable bonds is 5. The molecule has 1 fully saturated rings. The molecular weight excluding hydrogens is 274 g/mol. The zero-order valence-corrected chi connectivity index (χ0v) is 12.9. The van der Waals surface area contributed by atoms with Gasteiger partial charge in [0, 0.05) is 25.5 Å². The zero-order valence-electron chi connectivity index (χ0n) is 12.1. The highest BCUT2D eigenvalue weighted by atomic mass is 32.2. The van der Waals surface area contributed by atoms with Gasteiger partial charge >= 0.3 is 0 Å². The number of sulfone groups is 1. The van der Waals surface area contributed by atoms with Crippen LogP contribution >= 0.6 is 0 Å². The number of ether oxygens (including phenoxy) is 1. The van der Waals surface area contributed by atoms with Crippen LogP contribution in [0, 0.1) is 5.92 Å². The standard InChI is InChI=1S/C15H23NO3S/c1-16-15(10-12-6-8-19-9-7-12)13-4-3-5-14(11-13)20(2,17)18/h3-5,11-12,15-16H,6-10H2,1-2H3. The van der Waals surface area contributed by atoms with Gasteiger partial charge in [-0.2, -0.15) is 0 Å². The van der Waals surface area contributed by atoms with Gasteiger partial charge in [-0.1, -0.05) is 12.1 Å². The van der Waals surface area contributed by atoms with Crippen molar-refractivity contribution in [2.45, 2.75) is 30.2 Å². The normalized spacial score (nSPS) is 18.9. The first-order valence-electron chi connectivity index (χ1n) is 7.05. The van der Waals surface area contributed by atoms with Crippen molar-refractivity contribution >= 4 is 9.84 Å². The second kappa shape index (κ2) is 6.70. The molecular formula is C15H23NO3S. The third kappa shape index (κ3) is 4.04. The van der Waals surface area contributed by atoms with E-state index in [0.717, 1.165) is 38.0 Å². The van der Waals surface area contributed by atoms with Crippen LogP contribution in [0.3, 0.4) is 0 Å². The van der Waals surface area contributed by atoms with E-state index >= 15 is 0 Å². The van der Waals surface area contributed by atoms with Gasteiger partial charge in [-0.05, 0) is 49.9 Å². The zero-order chi connectivity index (χ0) is 14.6. The van der Waals surface area contributed by atoms with E-state index < -0.39 is 9.84 Å². The molecule has 0 spiro atoms. The van der Waals surface area contributed by atoms with Gasteiger partial charge in [-0.15, -0.1) is 0 Å². The van der Waals surface area contributed by atoms with E-state index in [1.165, 1.54) is 6.26 Å². The molecule has 20 heavy (non-hydrogen) atoms. The fourth-order valence-corrected chi connectivity index (χ4v) is 3.37. The molecule has 1 aromatic rings. The first-order valence-corrected chi connectivity index (χ1v) is 8.95. The van der Waals surface area contributed by atoms with Gasteiger partial charge in [-0.25, -0.2) is 8.42 Å². The molecule has 1 aliphatic rings. The highest BCUT2D eigenvalue weighted by Gasteiger charge is 2.20. The summed E-state index contributed by atoms with van der Waals surface area (Å²) in [4.78, 5) is 0.391. The summed E-state index contributed by atoms with van der Waals surface area (Å²) >= 11 is 0. The Morgan fingerprint density at radius 3 is 2.65 bits per heavy atom. The molecule has 1 atom stereocenters. The minimum Gasteiger partial charge on any atom is -0.381 e. The minimum atomic E-state index is -3.15. The van der Waals surface area contributed by atoms with Crippen LogP contribution in [-0.2, 0) is 14.6 Å². The number of hydrogen-bond donors (Lipinski definition) is 1. The fourth-order valence-electron chi connectivity index (χ4n) is 2.70. The molecule has 0 amide bonds. The van der Waals surface area contributed by atoms with Crippen molar-refractivity contribution in [3.63, 3.8) is 0 Å². The Morgan fingerprint density at radius 2 is 2.05 bits per heavy atom. The molecule has 1 aliphatic heterocycles. The van der Waals surface area contributed by atoms with Crippen molar-refractivity contribution in [3.05, 3.63) is 29.8 Å². The maximum absolute atomic E-state index is 11.6. The Hall–Kier alpha value is -0.910. The van der Waals surface area contributed by atoms with Crippen molar-refractivity contribution in [1.29, 1.82) is 0 Å². The summed E-state index contributed by atoms with van der Waals surface area (Å²) < 4.78 is 28.7. The van der Waals surface area contributed by atoms with E-state index in [1.807, 2.05) is 19.2 Å². The van der Waals surface area contributed by atoms with Crippen LogP contribution in [-0.4, -0.2) is 34.9 Å². The quantitative estimate of drug-likeness (QED) is 0.905. The van der Waals surface area contributed by atoms with Gasteiger partial charge in [0.15, 0.2) is 9.84 Å². The summed E-state index contributed by atoms with van der Waals surface area (Å²) in [7, 11) is -1.22. The topological polar surface area (TPSA) is 55.4 Å². The van der Waals surface area contributed by atoms with Crippen LogP contribution in [0.2, 0.25) is 0 Å². The third-order valence-corrected chi connectivity index (χ3v) is 5.06. The molecule has 1 saturated heterocycles. The molecule has 0 aromatic heterocycles. The molecule has 1 unspecified atom stereocenters. The summed E-state index contributed by atoms with van der Waals surface area (Å²) in [5.41, 5.74) is 1.04. The molecule has 2 rings (SSSR count). The molecule has 0 radical (unpaired) electrons. The summed E-state index contributed by atoms with van der Waals surface area (Å²) in [5.74, 6) is 0.642. The molecule has 0 saturated carbocycles. The van der Waals surface area contributed by atoms with E-state index in [2.05, 4.69) is 5.32 Å². The predicted octanol–water partition coefficient (Wildman–Crippen LogP) is 2.17. The predicted molar refractivity (Wildman–Crippen MR) is 79.5 cm³/mol. The van der Waals surface area contributed by atoms with Crippen molar-refractivity contribution < 1.29 is 13.2 Å². The number of nitrogens with one attached hydrogen (secondary N) is 1. The van der Waals surface area contributed by atoms with E-state index in [9.17, 15) is 8.42 Å². The molecule has 1 heterocycles. The maximum atomic E-state index is 11.6. The van der Waals surface area contributed by atoms with Crippen molar-refractivity contribution in [1.82, 2.24) is 5.32 Å². The molecule has 1 N–H and O–H groups in total. The fraction of sp³-hybridized carbons (Fsp3) is 0.600. The number of benzene rings is 1. The molecule has 1 aromatic carbocycles. The Labute approximate surface area is 121 Å². The third-order valence-electron chi connectivity index (χ3n) is 3.95. The van der Waals surface area contributed by atoms with Gasteiger partial charge in [-0.3, -0.25) is 0 Å². The Morgan fingerprint density at radius 1 is 1.35 bits per heavy atom. The van der Waals surface area contributed by atoms with Gasteiger partial charge < -0.3 is 10.1 Å². The van der Waals surface area contributed by atoms with Gasteiger partial charge in [0.2, 0.25) is 0 Å². The van der Waals surface area contributed by atoms with Gasteiger partial charge in [0.1, 0.15) is 0 Å². The van der Waals surface area contributed by atoms with Crippen LogP contribution in [0.4, 0.5) is 0 Å². The maximum Gasteiger partial charge on any atom is 0.175 e. The lowest BCUT2D eigenvalue weighted by molar-refractivity contribution is 0.0608. The average molecular weight is 297 g/mol. The van der Waals surface area contributed by atoms with Crippen molar-refractivity contribution in [2.24, 2.45) is 5.92 Å². The lowest BCUT2D eigenvalue weighted by Gasteiger charge is -2.27. The van der Waals surface area contributed by atoms with Crippen LogP contribution in [0.15, 0.2) is 29.2 Å². The molecule has 5 heteroatoms.